The molecule has 2 aliphatic heterocycles. The molecule has 2 aliphatic rings. The van der Waals surface area contributed by atoms with E-state index in [4.69, 9.17) is 4.74 Å². The molecule has 0 radical (unpaired) electrons. The van der Waals surface area contributed by atoms with Crippen LogP contribution in [0.25, 0.3) is 0 Å². The average Bonchev–Trinajstić information content (AvgIpc) is 2.98. The number of hydrogen-bond acceptors (Lipinski definition) is 4. The fourth-order valence-electron chi connectivity index (χ4n) is 3.82. The van der Waals surface area contributed by atoms with Crippen LogP contribution in [-0.4, -0.2) is 46.0 Å². The second-order valence-corrected chi connectivity index (χ2v) is 6.93. The van der Waals surface area contributed by atoms with Crippen LogP contribution in [0.3, 0.4) is 0 Å². The third kappa shape index (κ3) is 3.40. The number of carbonyl (C=O) groups is 2. The lowest BCUT2D eigenvalue weighted by atomic mass is 10.0. The summed E-state index contributed by atoms with van der Waals surface area (Å²) in [6, 6.07) is 16.6. The smallest absolute Gasteiger partial charge is 0.410 e. The van der Waals surface area contributed by atoms with Gasteiger partial charge in [-0.3, -0.25) is 4.79 Å². The molecule has 6 nitrogen and oxygen atoms in total. The van der Waals surface area contributed by atoms with Crippen molar-refractivity contribution in [3.8, 4) is 0 Å². The molecule has 0 saturated carbocycles. The van der Waals surface area contributed by atoms with Crippen LogP contribution in [0.1, 0.15) is 40.6 Å². The summed E-state index contributed by atoms with van der Waals surface area (Å²) in [6.07, 6.45) is -0.00165. The summed E-state index contributed by atoms with van der Waals surface area (Å²) in [4.78, 5) is 28.1. The van der Waals surface area contributed by atoms with Crippen molar-refractivity contribution >= 4 is 12.0 Å². The van der Waals surface area contributed by atoms with Crippen LogP contribution < -0.4 is 0 Å². The highest BCUT2D eigenvalue weighted by Gasteiger charge is 2.41. The quantitative estimate of drug-likeness (QED) is 0.907. The van der Waals surface area contributed by atoms with Crippen LogP contribution in [0.4, 0.5) is 4.79 Å². The van der Waals surface area contributed by atoms with Gasteiger partial charge >= 0.3 is 6.09 Å². The Hall–Kier alpha value is -2.86. The van der Waals surface area contributed by atoms with Crippen LogP contribution in [0.5, 0.6) is 0 Å². The van der Waals surface area contributed by atoms with Crippen LogP contribution in [0.15, 0.2) is 54.6 Å². The molecule has 2 aromatic carbocycles. The summed E-state index contributed by atoms with van der Waals surface area (Å²) < 4.78 is 5.38. The first-order valence-electron chi connectivity index (χ1n) is 9.20. The number of carbonyl (C=O) groups excluding carboxylic acids is 2. The van der Waals surface area contributed by atoms with Crippen LogP contribution in [-0.2, 0) is 11.3 Å². The number of hydrogen-bond donors (Lipinski definition) is 1. The second-order valence-electron chi connectivity index (χ2n) is 6.93. The molecule has 0 aromatic heterocycles. The van der Waals surface area contributed by atoms with E-state index in [1.165, 1.54) is 0 Å². The summed E-state index contributed by atoms with van der Waals surface area (Å²) in [7, 11) is 0. The van der Waals surface area contributed by atoms with E-state index in [1.807, 2.05) is 36.4 Å². The molecule has 0 aliphatic carbocycles. The molecule has 0 bridgehead atoms. The fourth-order valence-corrected chi connectivity index (χ4v) is 3.82. The first-order valence-corrected chi connectivity index (χ1v) is 9.20. The molecule has 4 rings (SSSR count). The van der Waals surface area contributed by atoms with Crippen LogP contribution in [0, 0.1) is 0 Å². The van der Waals surface area contributed by atoms with Gasteiger partial charge in [-0.1, -0.05) is 48.5 Å². The number of piperidine rings is 1. The van der Waals surface area contributed by atoms with Crippen molar-refractivity contribution in [2.75, 3.05) is 13.1 Å². The van der Waals surface area contributed by atoms with Crippen molar-refractivity contribution in [2.24, 2.45) is 0 Å². The lowest BCUT2D eigenvalue weighted by Gasteiger charge is -2.37. The minimum absolute atomic E-state index is 0.0851. The molecule has 1 fully saturated rings. The van der Waals surface area contributed by atoms with Gasteiger partial charge in [0.25, 0.3) is 5.91 Å². The third-order valence-electron chi connectivity index (χ3n) is 5.29. The first kappa shape index (κ1) is 17.5. The molecule has 2 heterocycles. The minimum atomic E-state index is -0.907. The molecule has 140 valence electrons. The van der Waals surface area contributed by atoms with Crippen LogP contribution >= 0.6 is 0 Å². The molecular weight excluding hydrogens is 344 g/mol. The van der Waals surface area contributed by atoms with Crippen molar-refractivity contribution in [1.82, 2.24) is 9.80 Å². The molecule has 0 spiro atoms. The summed E-state index contributed by atoms with van der Waals surface area (Å²) in [6.45, 7) is 1.26. The largest absolute Gasteiger partial charge is 0.445 e. The number of aliphatic hydroxyl groups excluding tert-OH is 1. The Morgan fingerprint density at radius 2 is 1.70 bits per heavy atom. The number of aliphatic hydroxyl groups is 1. The predicted molar refractivity (Wildman–Crippen MR) is 98.8 cm³/mol. The lowest BCUT2D eigenvalue weighted by molar-refractivity contribution is -0.0170. The highest BCUT2D eigenvalue weighted by atomic mass is 16.6. The molecular formula is C21H22N2O4. The van der Waals surface area contributed by atoms with Crippen molar-refractivity contribution < 1.29 is 19.4 Å². The number of rotatable bonds is 3. The standard InChI is InChI=1S/C21H22N2O4/c24-19-17-8-4-5-9-18(17)20(25)23(19)16-10-12-22(13-11-16)21(26)27-14-15-6-2-1-3-7-15/h1-9,16,19,24H,10-14H2. The van der Waals surface area contributed by atoms with E-state index < -0.39 is 6.23 Å². The van der Waals surface area contributed by atoms with Gasteiger partial charge in [0.05, 0.1) is 0 Å². The molecule has 2 aromatic rings. The van der Waals surface area contributed by atoms with Gasteiger partial charge in [0.2, 0.25) is 0 Å². The number of fused-ring (bicyclic) bond motifs is 1. The molecule has 27 heavy (non-hydrogen) atoms. The highest BCUT2D eigenvalue weighted by Crippen LogP contribution is 2.35. The van der Waals surface area contributed by atoms with E-state index in [0.717, 1.165) is 5.56 Å². The maximum absolute atomic E-state index is 12.6. The zero-order valence-electron chi connectivity index (χ0n) is 15.0. The predicted octanol–water partition coefficient (Wildman–Crippen LogP) is 2.93. The van der Waals surface area contributed by atoms with Gasteiger partial charge in [0.1, 0.15) is 6.61 Å². The molecule has 6 heteroatoms. The van der Waals surface area contributed by atoms with Gasteiger partial charge < -0.3 is 19.6 Å². The fraction of sp³-hybridized carbons (Fsp3) is 0.333. The van der Waals surface area contributed by atoms with E-state index in [1.54, 1.807) is 28.0 Å². The maximum atomic E-state index is 12.6. The zero-order chi connectivity index (χ0) is 18.8. The summed E-state index contributed by atoms with van der Waals surface area (Å²) in [5.74, 6) is -0.136. The Bertz CT molecular complexity index is 831. The monoisotopic (exact) mass is 366 g/mol. The lowest BCUT2D eigenvalue weighted by Crippen LogP contribution is -2.48. The van der Waals surface area contributed by atoms with Gasteiger partial charge in [-0.2, -0.15) is 0 Å². The SMILES string of the molecule is O=C(OCc1ccccc1)N1CCC(N2C(=O)c3ccccc3C2O)CC1. The Labute approximate surface area is 158 Å². The number of benzene rings is 2. The molecule has 1 saturated heterocycles. The Morgan fingerprint density at radius 1 is 1.04 bits per heavy atom. The maximum Gasteiger partial charge on any atom is 0.410 e. The van der Waals surface area contributed by atoms with Crippen molar-refractivity contribution in [3.05, 3.63) is 71.3 Å². The summed E-state index contributed by atoms with van der Waals surface area (Å²) in [5, 5.41) is 10.5. The molecule has 1 atom stereocenters. The Balaban J connectivity index is 1.33. The van der Waals surface area contributed by atoms with Crippen molar-refractivity contribution in [3.63, 3.8) is 0 Å². The Kier molecular flexibility index (Phi) is 4.81. The van der Waals surface area contributed by atoms with Gasteiger partial charge in [-0.15, -0.1) is 0 Å². The molecule has 2 amide bonds. The van der Waals surface area contributed by atoms with Crippen molar-refractivity contribution in [1.29, 1.82) is 0 Å². The van der Waals surface area contributed by atoms with E-state index in [0.29, 0.717) is 37.1 Å². The van der Waals surface area contributed by atoms with Gasteiger partial charge in [-0.25, -0.2) is 4.79 Å². The topological polar surface area (TPSA) is 70.1 Å². The van der Waals surface area contributed by atoms with E-state index in [-0.39, 0.29) is 24.6 Å². The van der Waals surface area contributed by atoms with Gasteiger partial charge in [0, 0.05) is 30.3 Å². The Morgan fingerprint density at radius 3 is 2.41 bits per heavy atom. The normalized spacial score (nSPS) is 19.9. The second kappa shape index (κ2) is 7.40. The van der Waals surface area contributed by atoms with Crippen LogP contribution in [0.2, 0.25) is 0 Å². The minimum Gasteiger partial charge on any atom is -0.445 e. The highest BCUT2D eigenvalue weighted by molar-refractivity contribution is 5.99. The first-order chi connectivity index (χ1) is 13.1. The number of amides is 2. The summed E-state index contributed by atoms with van der Waals surface area (Å²) >= 11 is 0. The number of likely N-dealkylation sites (tertiary alicyclic amines) is 1. The van der Waals surface area contributed by atoms with E-state index in [2.05, 4.69) is 0 Å². The third-order valence-corrected chi connectivity index (χ3v) is 5.29. The number of ether oxygens (including phenoxy) is 1. The van der Waals surface area contributed by atoms with Gasteiger partial charge in [-0.05, 0) is 24.5 Å². The number of nitrogens with zero attached hydrogens (tertiary/aromatic N) is 2. The van der Waals surface area contributed by atoms with E-state index >= 15 is 0 Å². The van der Waals surface area contributed by atoms with Gasteiger partial charge in [0.15, 0.2) is 6.23 Å². The zero-order valence-corrected chi connectivity index (χ0v) is 15.0. The molecule has 1 unspecified atom stereocenters. The summed E-state index contributed by atoms with van der Waals surface area (Å²) in [5.41, 5.74) is 2.17. The average molecular weight is 366 g/mol. The van der Waals surface area contributed by atoms with Crippen molar-refractivity contribution in [2.45, 2.75) is 31.7 Å². The van der Waals surface area contributed by atoms with E-state index in [9.17, 15) is 14.7 Å². The molecule has 1 N–H and O–H groups in total.